The Labute approximate surface area is 140 Å². The maximum atomic E-state index is 6.47. The van der Waals surface area contributed by atoms with Crippen molar-refractivity contribution < 1.29 is 0 Å². The predicted molar refractivity (Wildman–Crippen MR) is 94.0 cm³/mol. The van der Waals surface area contributed by atoms with Gasteiger partial charge in [-0.25, -0.2) is 0 Å². The van der Waals surface area contributed by atoms with Crippen LogP contribution in [0, 0.1) is 12.8 Å². The van der Waals surface area contributed by atoms with Gasteiger partial charge in [0.25, 0.3) is 0 Å². The predicted octanol–water partition coefficient (Wildman–Crippen LogP) is 6.13. The smallest absolute Gasteiger partial charge is 0.0641 e. The fourth-order valence-corrected chi connectivity index (χ4v) is 4.37. The highest BCUT2D eigenvalue weighted by atomic mass is 35.5. The number of halogens is 2. The summed E-state index contributed by atoms with van der Waals surface area (Å²) in [5, 5.41) is 5.23. The van der Waals surface area contributed by atoms with Crippen molar-refractivity contribution in [3.05, 3.63) is 75.3 Å². The number of benzene rings is 2. The average Bonchev–Trinajstić information content (AvgIpc) is 3.00. The van der Waals surface area contributed by atoms with Crippen molar-refractivity contribution in [1.29, 1.82) is 0 Å². The molecule has 3 atom stereocenters. The molecule has 0 radical (unpaired) electrons. The number of rotatable bonds is 1. The highest BCUT2D eigenvalue weighted by Gasteiger charge is 2.40. The van der Waals surface area contributed by atoms with Crippen LogP contribution in [0.15, 0.2) is 48.6 Å². The van der Waals surface area contributed by atoms with Gasteiger partial charge in [-0.3, -0.25) is 0 Å². The van der Waals surface area contributed by atoms with Crippen LogP contribution in [0.25, 0.3) is 0 Å². The van der Waals surface area contributed by atoms with E-state index in [1.807, 2.05) is 12.1 Å². The van der Waals surface area contributed by atoms with E-state index in [1.54, 1.807) is 0 Å². The summed E-state index contributed by atoms with van der Waals surface area (Å²) < 4.78 is 0. The van der Waals surface area contributed by atoms with Crippen LogP contribution in [0.2, 0.25) is 10.0 Å². The molecule has 3 heteroatoms. The molecule has 2 aromatic rings. The number of hydrogen-bond donors (Lipinski definition) is 1. The Kier molecular flexibility index (Phi) is 3.43. The lowest BCUT2D eigenvalue weighted by atomic mass is 9.76. The molecule has 0 saturated carbocycles. The molecule has 1 N–H and O–H groups in total. The minimum absolute atomic E-state index is 0.268. The van der Waals surface area contributed by atoms with E-state index in [2.05, 4.69) is 48.7 Å². The van der Waals surface area contributed by atoms with Crippen LogP contribution >= 0.6 is 23.2 Å². The lowest BCUT2D eigenvalue weighted by Gasteiger charge is -2.39. The summed E-state index contributed by atoms with van der Waals surface area (Å²) in [5.41, 5.74) is 4.81. The molecule has 0 spiro atoms. The van der Waals surface area contributed by atoms with E-state index in [-0.39, 0.29) is 6.04 Å². The van der Waals surface area contributed by atoms with Crippen molar-refractivity contribution in [3.8, 4) is 0 Å². The number of nitrogens with one attached hydrogen (secondary N) is 1. The lowest BCUT2D eigenvalue weighted by molar-refractivity contribution is 0.424. The number of anilines is 1. The van der Waals surface area contributed by atoms with E-state index < -0.39 is 0 Å². The summed E-state index contributed by atoms with van der Waals surface area (Å²) >= 11 is 12.9. The Morgan fingerprint density at radius 1 is 1.05 bits per heavy atom. The monoisotopic (exact) mass is 329 g/mol. The van der Waals surface area contributed by atoms with Crippen LogP contribution in [0.1, 0.15) is 35.1 Å². The summed E-state index contributed by atoms with van der Waals surface area (Å²) in [4.78, 5) is 0. The second kappa shape index (κ2) is 5.33. The fourth-order valence-electron chi connectivity index (χ4n) is 3.87. The first-order valence-corrected chi connectivity index (χ1v) is 8.39. The topological polar surface area (TPSA) is 12.0 Å². The van der Waals surface area contributed by atoms with Gasteiger partial charge in [0, 0.05) is 16.5 Å². The summed E-state index contributed by atoms with van der Waals surface area (Å²) in [6.07, 6.45) is 5.63. The Morgan fingerprint density at radius 3 is 2.64 bits per heavy atom. The summed E-state index contributed by atoms with van der Waals surface area (Å²) in [5.74, 6) is 0.830. The van der Waals surface area contributed by atoms with Crippen LogP contribution in [0.5, 0.6) is 0 Å². The normalized spacial score (nSPS) is 25.5. The molecule has 112 valence electrons. The SMILES string of the molecule is Cc1ccccc1C1Nc2c(Cl)ccc(Cl)c2C2C=CCC21. The molecule has 1 aliphatic heterocycles. The maximum Gasteiger partial charge on any atom is 0.0641 e. The molecule has 1 aliphatic carbocycles. The standard InChI is InChI=1S/C19H17Cl2N/c1-11-5-2-3-6-12(11)18-14-8-4-7-13(14)17-15(20)9-10-16(21)19(17)22-18/h2-7,9-10,13-14,18,22H,8H2,1H3. The van der Waals surface area contributed by atoms with Gasteiger partial charge in [0.2, 0.25) is 0 Å². The summed E-state index contributed by atoms with van der Waals surface area (Å²) in [6, 6.07) is 12.6. The van der Waals surface area contributed by atoms with Gasteiger partial charge in [-0.15, -0.1) is 0 Å². The molecular weight excluding hydrogens is 313 g/mol. The van der Waals surface area contributed by atoms with Crippen molar-refractivity contribution in [1.82, 2.24) is 0 Å². The number of aryl methyl sites for hydroxylation is 1. The third kappa shape index (κ3) is 2.07. The van der Waals surface area contributed by atoms with E-state index in [4.69, 9.17) is 23.2 Å². The number of fused-ring (bicyclic) bond motifs is 3. The molecule has 2 aromatic carbocycles. The number of allylic oxidation sites excluding steroid dienone is 2. The Morgan fingerprint density at radius 2 is 1.82 bits per heavy atom. The highest BCUT2D eigenvalue weighted by Crippen LogP contribution is 2.53. The molecule has 1 heterocycles. The molecule has 0 aromatic heterocycles. The van der Waals surface area contributed by atoms with Crippen LogP contribution in [-0.2, 0) is 0 Å². The lowest BCUT2D eigenvalue weighted by Crippen LogP contribution is -2.30. The van der Waals surface area contributed by atoms with Crippen molar-refractivity contribution in [2.45, 2.75) is 25.3 Å². The Balaban J connectivity index is 1.88. The van der Waals surface area contributed by atoms with Crippen LogP contribution in [-0.4, -0.2) is 0 Å². The molecule has 1 nitrogen and oxygen atoms in total. The van der Waals surface area contributed by atoms with Gasteiger partial charge in [-0.2, -0.15) is 0 Å². The van der Waals surface area contributed by atoms with E-state index in [0.29, 0.717) is 11.8 Å². The highest BCUT2D eigenvalue weighted by molar-refractivity contribution is 6.36. The van der Waals surface area contributed by atoms with E-state index >= 15 is 0 Å². The largest absolute Gasteiger partial charge is 0.376 e. The van der Waals surface area contributed by atoms with E-state index in [9.17, 15) is 0 Å². The molecule has 0 bridgehead atoms. The molecule has 0 amide bonds. The number of hydrogen-bond acceptors (Lipinski definition) is 1. The average molecular weight is 330 g/mol. The first-order chi connectivity index (χ1) is 10.7. The quantitative estimate of drug-likeness (QED) is 0.620. The Hall–Kier alpha value is -1.44. The minimum atomic E-state index is 0.268. The third-order valence-electron chi connectivity index (χ3n) is 4.94. The zero-order chi connectivity index (χ0) is 15.3. The molecule has 0 saturated heterocycles. The van der Waals surface area contributed by atoms with Crippen molar-refractivity contribution in [2.24, 2.45) is 5.92 Å². The van der Waals surface area contributed by atoms with Crippen LogP contribution in [0.3, 0.4) is 0 Å². The second-order valence-electron chi connectivity index (χ2n) is 6.15. The van der Waals surface area contributed by atoms with Crippen molar-refractivity contribution >= 4 is 28.9 Å². The Bertz CT molecular complexity index is 766. The molecule has 3 unspecified atom stereocenters. The van der Waals surface area contributed by atoms with Gasteiger partial charge in [-0.1, -0.05) is 59.6 Å². The van der Waals surface area contributed by atoms with E-state index in [0.717, 1.165) is 27.7 Å². The zero-order valence-electron chi connectivity index (χ0n) is 12.3. The fraction of sp³-hybridized carbons (Fsp3) is 0.263. The maximum absolute atomic E-state index is 6.47. The van der Waals surface area contributed by atoms with Gasteiger partial charge in [0.05, 0.1) is 16.8 Å². The first-order valence-electron chi connectivity index (χ1n) is 7.63. The van der Waals surface area contributed by atoms with Gasteiger partial charge in [0.1, 0.15) is 0 Å². The van der Waals surface area contributed by atoms with Crippen molar-refractivity contribution in [3.63, 3.8) is 0 Å². The van der Waals surface area contributed by atoms with Crippen molar-refractivity contribution in [2.75, 3.05) is 5.32 Å². The summed E-state index contributed by atoms with van der Waals surface area (Å²) in [6.45, 7) is 2.17. The minimum Gasteiger partial charge on any atom is -0.376 e. The third-order valence-corrected chi connectivity index (χ3v) is 5.58. The summed E-state index contributed by atoms with van der Waals surface area (Å²) in [7, 11) is 0. The van der Waals surface area contributed by atoms with Gasteiger partial charge < -0.3 is 5.32 Å². The van der Waals surface area contributed by atoms with Gasteiger partial charge in [-0.05, 0) is 42.5 Å². The molecule has 4 rings (SSSR count). The second-order valence-corrected chi connectivity index (χ2v) is 6.96. The molecule has 0 fully saturated rings. The zero-order valence-corrected chi connectivity index (χ0v) is 13.8. The van der Waals surface area contributed by atoms with Gasteiger partial charge >= 0.3 is 0 Å². The van der Waals surface area contributed by atoms with Crippen LogP contribution in [0.4, 0.5) is 5.69 Å². The molecule has 2 aliphatic rings. The molecule has 22 heavy (non-hydrogen) atoms. The molecular formula is C19H17Cl2N. The van der Waals surface area contributed by atoms with E-state index in [1.165, 1.54) is 11.1 Å². The van der Waals surface area contributed by atoms with Gasteiger partial charge in [0.15, 0.2) is 0 Å². The first kappa shape index (κ1) is 14.2. The van der Waals surface area contributed by atoms with Crippen LogP contribution < -0.4 is 5.32 Å².